The van der Waals surface area contributed by atoms with Gasteiger partial charge in [-0.25, -0.2) is 0 Å². The number of hydrogen-bond donors (Lipinski definition) is 0. The third-order valence-electron chi connectivity index (χ3n) is 11.7. The van der Waals surface area contributed by atoms with Crippen molar-refractivity contribution in [2.24, 2.45) is 0 Å². The lowest BCUT2D eigenvalue weighted by atomic mass is 9.89. The van der Waals surface area contributed by atoms with Crippen molar-refractivity contribution in [1.82, 2.24) is 0 Å². The fourth-order valence-electron chi connectivity index (χ4n) is 8.60. The molecule has 0 saturated carbocycles. The van der Waals surface area contributed by atoms with E-state index in [1.807, 2.05) is 0 Å². The first kappa shape index (κ1) is 36.6. The molecule has 0 aliphatic rings. The highest BCUT2D eigenvalue weighted by atomic mass is 15.1. The van der Waals surface area contributed by atoms with Gasteiger partial charge in [0.2, 0.25) is 0 Å². The molecule has 60 heavy (non-hydrogen) atoms. The number of fused-ring (bicyclic) bond motifs is 1. The zero-order chi connectivity index (χ0) is 40.3. The molecule has 10 aromatic carbocycles. The second-order valence-electron chi connectivity index (χ2n) is 15.4. The smallest absolute Gasteiger partial charge is 0.0462 e. The molecule has 0 amide bonds. The fourth-order valence-corrected chi connectivity index (χ4v) is 8.60. The Morgan fingerprint density at radius 2 is 0.617 bits per heavy atom. The molecule has 0 aliphatic heterocycles. The van der Waals surface area contributed by atoms with Gasteiger partial charge >= 0.3 is 0 Å². The first-order valence-corrected chi connectivity index (χ1v) is 20.7. The maximum absolute atomic E-state index is 2.36. The van der Waals surface area contributed by atoms with Crippen LogP contribution >= 0.6 is 0 Å². The van der Waals surface area contributed by atoms with Crippen LogP contribution in [0, 0.1) is 6.92 Å². The van der Waals surface area contributed by atoms with Gasteiger partial charge in [0.05, 0.1) is 0 Å². The molecule has 0 N–H and O–H groups in total. The molecule has 0 aliphatic carbocycles. The average molecular weight is 766 g/mol. The lowest BCUT2D eigenvalue weighted by molar-refractivity contribution is 1.28. The van der Waals surface area contributed by atoms with Gasteiger partial charge in [0.1, 0.15) is 0 Å². The van der Waals surface area contributed by atoms with E-state index in [-0.39, 0.29) is 0 Å². The van der Waals surface area contributed by atoms with Crippen LogP contribution in [0.1, 0.15) is 5.56 Å². The van der Waals surface area contributed by atoms with Crippen LogP contribution < -0.4 is 4.90 Å². The fraction of sp³-hybridized carbons (Fsp3) is 0.0169. The minimum absolute atomic E-state index is 1.09. The summed E-state index contributed by atoms with van der Waals surface area (Å²) in [5.74, 6) is 0. The van der Waals surface area contributed by atoms with Gasteiger partial charge in [-0.3, -0.25) is 0 Å². The Kier molecular flexibility index (Phi) is 9.91. The normalized spacial score (nSPS) is 11.1. The van der Waals surface area contributed by atoms with E-state index in [2.05, 4.69) is 254 Å². The van der Waals surface area contributed by atoms with Crippen molar-refractivity contribution >= 4 is 27.8 Å². The first-order chi connectivity index (χ1) is 29.7. The summed E-state index contributed by atoms with van der Waals surface area (Å²) in [5, 5.41) is 2.57. The number of hydrogen-bond acceptors (Lipinski definition) is 1. The first-order valence-electron chi connectivity index (χ1n) is 20.7. The number of rotatable bonds is 9. The zero-order valence-electron chi connectivity index (χ0n) is 33.5. The minimum atomic E-state index is 1.09. The molecular weight excluding hydrogens is 723 g/mol. The van der Waals surface area contributed by atoms with Crippen molar-refractivity contribution in [3.05, 3.63) is 248 Å². The number of anilines is 3. The predicted octanol–water partition coefficient (Wildman–Crippen LogP) is 16.6. The van der Waals surface area contributed by atoms with Gasteiger partial charge < -0.3 is 4.90 Å². The largest absolute Gasteiger partial charge is 0.311 e. The summed E-state index contributed by atoms with van der Waals surface area (Å²) in [5.41, 5.74) is 19.1. The molecule has 0 atom stereocenters. The van der Waals surface area contributed by atoms with Gasteiger partial charge in [-0.2, -0.15) is 0 Å². The van der Waals surface area contributed by atoms with E-state index in [4.69, 9.17) is 0 Å². The summed E-state index contributed by atoms with van der Waals surface area (Å²) >= 11 is 0. The van der Waals surface area contributed by atoms with Crippen LogP contribution in [-0.2, 0) is 0 Å². The van der Waals surface area contributed by atoms with Crippen molar-refractivity contribution in [3.63, 3.8) is 0 Å². The maximum atomic E-state index is 2.36. The lowest BCUT2D eigenvalue weighted by Crippen LogP contribution is -2.09. The Hall–Kier alpha value is -7.74. The predicted molar refractivity (Wildman–Crippen MR) is 256 cm³/mol. The van der Waals surface area contributed by atoms with Gasteiger partial charge in [0, 0.05) is 17.1 Å². The molecular formula is C59H43N. The Morgan fingerprint density at radius 3 is 1.20 bits per heavy atom. The molecule has 1 heteroatoms. The summed E-state index contributed by atoms with van der Waals surface area (Å²) in [7, 11) is 0. The Labute approximate surface area is 353 Å². The van der Waals surface area contributed by atoms with E-state index in [0.717, 1.165) is 17.1 Å². The standard InChI is InChI=1S/C59H43N/c1-42-27-40-58(59-54(42)25-14-26-57(59)46-19-9-4-10-20-46)48-32-38-53(39-33-48)60(51-34-28-45(29-35-51)43-15-5-2-6-16-43)52-36-30-47(31-37-52)55-23-11-12-24-56(55)50-22-13-21-49(41-50)44-17-7-3-8-18-44/h2-41H,1H3. The Balaban J connectivity index is 1.04. The molecule has 0 radical (unpaired) electrons. The summed E-state index contributed by atoms with van der Waals surface area (Å²) in [6, 6.07) is 87.8. The molecule has 0 fully saturated rings. The minimum Gasteiger partial charge on any atom is -0.311 e. The highest BCUT2D eigenvalue weighted by Gasteiger charge is 2.17. The number of nitrogens with zero attached hydrogens (tertiary/aromatic N) is 1. The third-order valence-corrected chi connectivity index (χ3v) is 11.7. The van der Waals surface area contributed by atoms with Crippen LogP contribution in [0.2, 0.25) is 0 Å². The van der Waals surface area contributed by atoms with Crippen molar-refractivity contribution in [2.75, 3.05) is 4.90 Å². The summed E-state index contributed by atoms with van der Waals surface area (Å²) in [4.78, 5) is 2.36. The molecule has 0 aromatic heterocycles. The van der Waals surface area contributed by atoms with Crippen LogP contribution in [0.4, 0.5) is 17.1 Å². The van der Waals surface area contributed by atoms with Gasteiger partial charge in [-0.1, -0.05) is 200 Å². The van der Waals surface area contributed by atoms with Gasteiger partial charge in [0.15, 0.2) is 0 Å². The Morgan fingerprint density at radius 1 is 0.250 bits per heavy atom. The van der Waals surface area contributed by atoms with Crippen LogP contribution in [0.25, 0.3) is 77.5 Å². The summed E-state index contributed by atoms with van der Waals surface area (Å²) in [6.07, 6.45) is 0. The van der Waals surface area contributed by atoms with Gasteiger partial charge in [0.25, 0.3) is 0 Å². The average Bonchev–Trinajstić information content (AvgIpc) is 3.33. The van der Waals surface area contributed by atoms with E-state index >= 15 is 0 Å². The number of benzene rings is 10. The van der Waals surface area contributed by atoms with Crippen molar-refractivity contribution in [1.29, 1.82) is 0 Å². The SMILES string of the molecule is Cc1ccc(-c2ccc(N(c3ccc(-c4ccccc4)cc3)c3ccc(-c4ccccc4-c4cccc(-c5ccccc5)c4)cc3)cc2)c2c(-c3ccccc3)cccc12. The second kappa shape index (κ2) is 16.3. The molecule has 1 nitrogen and oxygen atoms in total. The molecule has 0 saturated heterocycles. The summed E-state index contributed by atoms with van der Waals surface area (Å²) < 4.78 is 0. The quantitative estimate of drug-likeness (QED) is 0.141. The van der Waals surface area contributed by atoms with Crippen LogP contribution in [0.5, 0.6) is 0 Å². The third kappa shape index (κ3) is 7.19. The Bertz CT molecular complexity index is 3040. The lowest BCUT2D eigenvalue weighted by Gasteiger charge is -2.26. The molecule has 10 rings (SSSR count). The van der Waals surface area contributed by atoms with Gasteiger partial charge in [-0.05, 0) is 132 Å². The van der Waals surface area contributed by atoms with Gasteiger partial charge in [-0.15, -0.1) is 0 Å². The van der Waals surface area contributed by atoms with E-state index in [1.165, 1.54) is 83.1 Å². The van der Waals surface area contributed by atoms with Crippen LogP contribution in [-0.4, -0.2) is 0 Å². The molecule has 0 spiro atoms. The van der Waals surface area contributed by atoms with E-state index in [9.17, 15) is 0 Å². The molecule has 284 valence electrons. The highest BCUT2D eigenvalue weighted by molar-refractivity contribution is 6.07. The summed E-state index contributed by atoms with van der Waals surface area (Å²) in [6.45, 7) is 2.21. The van der Waals surface area contributed by atoms with Crippen molar-refractivity contribution < 1.29 is 0 Å². The highest BCUT2D eigenvalue weighted by Crippen LogP contribution is 2.42. The molecule has 0 unspecified atom stereocenters. The van der Waals surface area contributed by atoms with Crippen molar-refractivity contribution in [2.45, 2.75) is 6.92 Å². The maximum Gasteiger partial charge on any atom is 0.0462 e. The molecule has 0 heterocycles. The second-order valence-corrected chi connectivity index (χ2v) is 15.4. The molecule has 10 aromatic rings. The van der Waals surface area contributed by atoms with E-state index in [1.54, 1.807) is 0 Å². The zero-order valence-corrected chi connectivity index (χ0v) is 33.5. The number of aryl methyl sites for hydroxylation is 1. The molecule has 0 bridgehead atoms. The topological polar surface area (TPSA) is 3.24 Å². The van der Waals surface area contributed by atoms with Crippen LogP contribution in [0.15, 0.2) is 243 Å². The van der Waals surface area contributed by atoms with E-state index in [0.29, 0.717) is 0 Å². The van der Waals surface area contributed by atoms with Crippen molar-refractivity contribution in [3.8, 4) is 66.8 Å². The van der Waals surface area contributed by atoms with Crippen LogP contribution in [0.3, 0.4) is 0 Å². The van der Waals surface area contributed by atoms with E-state index < -0.39 is 0 Å². The monoisotopic (exact) mass is 765 g/mol.